The fourth-order valence-electron chi connectivity index (χ4n) is 1.35. The van der Waals surface area contributed by atoms with Crippen molar-refractivity contribution in [2.45, 2.75) is 13.3 Å². The van der Waals surface area contributed by atoms with E-state index in [0.29, 0.717) is 0 Å². The van der Waals surface area contributed by atoms with Crippen LogP contribution in [0.4, 0.5) is 13.2 Å². The molecule has 0 aliphatic heterocycles. The lowest BCUT2D eigenvalue weighted by atomic mass is 10.2. The second-order valence-electron chi connectivity index (χ2n) is 3.10. The van der Waals surface area contributed by atoms with Crippen LogP contribution in [-0.2, 0) is 0 Å². The van der Waals surface area contributed by atoms with E-state index in [9.17, 15) is 13.2 Å². The summed E-state index contributed by atoms with van der Waals surface area (Å²) >= 11 is 1.54. The Morgan fingerprint density at radius 2 is 1.93 bits per heavy atom. The number of thiophene rings is 1. The van der Waals surface area contributed by atoms with Crippen molar-refractivity contribution in [3.63, 3.8) is 0 Å². The molecule has 0 radical (unpaired) electrons. The number of benzene rings is 1. The molecule has 0 saturated heterocycles. The number of hydrogen-bond donors (Lipinski definition) is 0. The predicted octanol–water partition coefficient (Wildman–Crippen LogP) is 4.11. The molecular weight excluding hydrogens is 225 g/mol. The molecule has 15 heavy (non-hydrogen) atoms. The summed E-state index contributed by atoms with van der Waals surface area (Å²) in [6.07, 6.45) is -4.63. The average Bonchev–Trinajstić information content (AvgIpc) is 2.40. The molecular formula is C10H7F3OS. The Hall–Kier alpha value is -1.23. The van der Waals surface area contributed by atoms with Gasteiger partial charge in [0.25, 0.3) is 0 Å². The van der Waals surface area contributed by atoms with E-state index in [1.54, 1.807) is 17.4 Å². The summed E-state index contributed by atoms with van der Waals surface area (Å²) < 4.78 is 40.6. The molecule has 0 spiro atoms. The number of fused-ring (bicyclic) bond motifs is 1. The molecule has 2 rings (SSSR count). The molecule has 1 aromatic heterocycles. The van der Waals surface area contributed by atoms with E-state index in [1.165, 1.54) is 12.1 Å². The molecule has 0 saturated carbocycles. The Balaban J connectivity index is 2.38. The van der Waals surface area contributed by atoms with E-state index in [-0.39, 0.29) is 5.75 Å². The van der Waals surface area contributed by atoms with Crippen LogP contribution in [0.3, 0.4) is 0 Å². The number of alkyl halides is 3. The number of aryl methyl sites for hydroxylation is 1. The van der Waals surface area contributed by atoms with Gasteiger partial charge in [-0.25, -0.2) is 0 Å². The minimum absolute atomic E-state index is 0.173. The van der Waals surface area contributed by atoms with E-state index in [0.717, 1.165) is 15.0 Å². The topological polar surface area (TPSA) is 9.23 Å². The second-order valence-corrected chi connectivity index (χ2v) is 4.39. The molecule has 1 heterocycles. The van der Waals surface area contributed by atoms with Crippen molar-refractivity contribution in [1.82, 2.24) is 0 Å². The van der Waals surface area contributed by atoms with Crippen molar-refractivity contribution in [2.24, 2.45) is 0 Å². The first kappa shape index (κ1) is 10.3. The van der Waals surface area contributed by atoms with Crippen LogP contribution in [-0.4, -0.2) is 6.36 Å². The van der Waals surface area contributed by atoms with E-state index in [1.807, 2.05) is 13.0 Å². The normalized spacial score (nSPS) is 12.0. The molecule has 0 bridgehead atoms. The van der Waals surface area contributed by atoms with Gasteiger partial charge in [0.15, 0.2) is 0 Å². The summed E-state index contributed by atoms with van der Waals surface area (Å²) in [6, 6.07) is 6.19. The fourth-order valence-corrected chi connectivity index (χ4v) is 2.26. The zero-order chi connectivity index (χ0) is 11.1. The van der Waals surface area contributed by atoms with Crippen LogP contribution in [0.1, 0.15) is 4.88 Å². The number of halogens is 3. The van der Waals surface area contributed by atoms with Gasteiger partial charge in [-0.3, -0.25) is 0 Å². The Kier molecular flexibility index (Phi) is 2.34. The summed E-state index contributed by atoms with van der Waals surface area (Å²) in [5, 5.41) is 0.777. The van der Waals surface area contributed by atoms with Crippen molar-refractivity contribution < 1.29 is 17.9 Å². The van der Waals surface area contributed by atoms with E-state index >= 15 is 0 Å². The maximum absolute atomic E-state index is 11.9. The molecule has 0 fully saturated rings. The van der Waals surface area contributed by atoms with Crippen LogP contribution in [0.2, 0.25) is 0 Å². The monoisotopic (exact) mass is 232 g/mol. The SMILES string of the molecule is Cc1cc2cc(OC(F)(F)F)ccc2s1. The van der Waals surface area contributed by atoms with Gasteiger partial charge in [0.1, 0.15) is 5.75 Å². The molecule has 0 aliphatic rings. The summed E-state index contributed by atoms with van der Waals surface area (Å²) in [5.74, 6) is -0.173. The molecule has 0 atom stereocenters. The minimum Gasteiger partial charge on any atom is -0.406 e. The standard InChI is InChI=1S/C10H7F3OS/c1-6-4-7-5-8(14-10(11,12)13)2-3-9(7)15-6/h2-5H,1H3. The highest BCUT2D eigenvalue weighted by molar-refractivity contribution is 7.19. The summed E-state index contributed by atoms with van der Waals surface area (Å²) in [6.45, 7) is 1.91. The lowest BCUT2D eigenvalue weighted by Crippen LogP contribution is -2.16. The van der Waals surface area contributed by atoms with Gasteiger partial charge < -0.3 is 4.74 Å². The first-order chi connectivity index (χ1) is 6.94. The third-order valence-electron chi connectivity index (χ3n) is 1.84. The number of hydrogen-bond acceptors (Lipinski definition) is 2. The third kappa shape index (κ3) is 2.41. The largest absolute Gasteiger partial charge is 0.573 e. The quantitative estimate of drug-likeness (QED) is 0.719. The van der Waals surface area contributed by atoms with Crippen molar-refractivity contribution in [3.05, 3.63) is 29.1 Å². The van der Waals surface area contributed by atoms with Crippen LogP contribution < -0.4 is 4.74 Å². The number of ether oxygens (including phenoxy) is 1. The van der Waals surface area contributed by atoms with Gasteiger partial charge in [0.05, 0.1) is 0 Å². The van der Waals surface area contributed by atoms with Gasteiger partial charge in [0.2, 0.25) is 0 Å². The van der Waals surface area contributed by atoms with E-state index in [2.05, 4.69) is 4.74 Å². The number of rotatable bonds is 1. The Morgan fingerprint density at radius 3 is 2.60 bits per heavy atom. The van der Waals surface area contributed by atoms with Crippen LogP contribution in [0, 0.1) is 6.92 Å². The van der Waals surface area contributed by atoms with Gasteiger partial charge in [-0.1, -0.05) is 0 Å². The Morgan fingerprint density at radius 1 is 1.20 bits per heavy atom. The Labute approximate surface area is 88.1 Å². The van der Waals surface area contributed by atoms with Crippen molar-refractivity contribution in [2.75, 3.05) is 0 Å². The molecule has 0 unspecified atom stereocenters. The molecule has 0 aliphatic carbocycles. The average molecular weight is 232 g/mol. The fraction of sp³-hybridized carbons (Fsp3) is 0.200. The van der Waals surface area contributed by atoms with E-state index < -0.39 is 6.36 Å². The lowest BCUT2D eigenvalue weighted by molar-refractivity contribution is -0.274. The summed E-state index contributed by atoms with van der Waals surface area (Å²) in [4.78, 5) is 1.06. The second kappa shape index (κ2) is 3.41. The van der Waals surface area contributed by atoms with Gasteiger partial charge >= 0.3 is 6.36 Å². The molecule has 0 N–H and O–H groups in total. The van der Waals surface area contributed by atoms with Crippen molar-refractivity contribution in [1.29, 1.82) is 0 Å². The molecule has 1 nitrogen and oxygen atoms in total. The first-order valence-corrected chi connectivity index (χ1v) is 5.02. The molecule has 80 valence electrons. The maximum Gasteiger partial charge on any atom is 0.573 e. The zero-order valence-electron chi connectivity index (χ0n) is 7.76. The Bertz CT molecular complexity index is 487. The zero-order valence-corrected chi connectivity index (χ0v) is 8.58. The lowest BCUT2D eigenvalue weighted by Gasteiger charge is -2.08. The van der Waals surface area contributed by atoms with Crippen LogP contribution in [0.15, 0.2) is 24.3 Å². The highest BCUT2D eigenvalue weighted by Crippen LogP contribution is 2.30. The van der Waals surface area contributed by atoms with Gasteiger partial charge in [-0.15, -0.1) is 24.5 Å². The molecule has 5 heteroatoms. The van der Waals surface area contributed by atoms with Crippen molar-refractivity contribution >= 4 is 21.4 Å². The van der Waals surface area contributed by atoms with Gasteiger partial charge in [-0.05, 0) is 36.6 Å². The van der Waals surface area contributed by atoms with Crippen LogP contribution in [0.5, 0.6) is 5.75 Å². The highest BCUT2D eigenvalue weighted by atomic mass is 32.1. The van der Waals surface area contributed by atoms with Gasteiger partial charge in [0, 0.05) is 9.58 Å². The summed E-state index contributed by atoms with van der Waals surface area (Å²) in [5.41, 5.74) is 0. The maximum atomic E-state index is 11.9. The minimum atomic E-state index is -4.63. The first-order valence-electron chi connectivity index (χ1n) is 4.20. The smallest absolute Gasteiger partial charge is 0.406 e. The molecule has 1 aromatic carbocycles. The highest BCUT2D eigenvalue weighted by Gasteiger charge is 2.31. The summed E-state index contributed by atoms with van der Waals surface area (Å²) in [7, 11) is 0. The van der Waals surface area contributed by atoms with Crippen molar-refractivity contribution in [3.8, 4) is 5.75 Å². The third-order valence-corrected chi connectivity index (χ3v) is 2.88. The molecule has 0 amide bonds. The van der Waals surface area contributed by atoms with Crippen LogP contribution in [0.25, 0.3) is 10.1 Å². The van der Waals surface area contributed by atoms with E-state index in [4.69, 9.17) is 0 Å². The predicted molar refractivity (Wildman–Crippen MR) is 53.2 cm³/mol. The van der Waals surface area contributed by atoms with Crippen LogP contribution >= 0.6 is 11.3 Å². The van der Waals surface area contributed by atoms with Gasteiger partial charge in [-0.2, -0.15) is 0 Å². The molecule has 2 aromatic rings.